The summed E-state index contributed by atoms with van der Waals surface area (Å²) in [6.07, 6.45) is -2.97. The monoisotopic (exact) mass is 320 g/mol. The van der Waals surface area contributed by atoms with Gasteiger partial charge in [-0.2, -0.15) is 0 Å². The molecule has 2 N–H and O–H groups in total. The van der Waals surface area contributed by atoms with Crippen LogP contribution in [0, 0.1) is 0 Å². The maximum absolute atomic E-state index is 11.5. The molecule has 0 aliphatic rings. The number of carbonyl (C=O) groups is 1. The van der Waals surface area contributed by atoms with Crippen LogP contribution in [-0.2, 0) is 9.53 Å². The van der Waals surface area contributed by atoms with Gasteiger partial charge in [-0.25, -0.2) is 4.79 Å². The van der Waals surface area contributed by atoms with E-state index in [0.29, 0.717) is 5.39 Å². The highest BCUT2D eigenvalue weighted by molar-refractivity contribution is 5.82. The summed E-state index contributed by atoms with van der Waals surface area (Å²) in [4.78, 5) is 22.7. The fourth-order valence-electron chi connectivity index (χ4n) is 2.24. The van der Waals surface area contributed by atoms with Gasteiger partial charge in [0.1, 0.15) is 23.2 Å². The number of benzene rings is 1. The lowest BCUT2D eigenvalue weighted by molar-refractivity contribution is -0.151. The van der Waals surface area contributed by atoms with Crippen LogP contribution >= 0.6 is 0 Å². The molecule has 2 atom stereocenters. The smallest absolute Gasteiger partial charge is 0.336 e. The van der Waals surface area contributed by atoms with E-state index in [9.17, 15) is 19.8 Å². The van der Waals surface area contributed by atoms with Crippen LogP contribution in [0.25, 0.3) is 11.0 Å². The normalized spacial score (nSPS) is 13.3. The Morgan fingerprint density at radius 1 is 1.30 bits per heavy atom. The minimum Gasteiger partial charge on any atom is -0.509 e. The van der Waals surface area contributed by atoms with E-state index in [1.165, 1.54) is 19.2 Å². The first-order valence-electron chi connectivity index (χ1n) is 6.69. The van der Waals surface area contributed by atoms with Crippen molar-refractivity contribution in [1.29, 1.82) is 0 Å². The second kappa shape index (κ2) is 6.53. The van der Waals surface area contributed by atoms with Gasteiger partial charge >= 0.3 is 11.6 Å². The molecule has 0 amide bonds. The standard InChI is InChI=1S/C16H16O7/c1-8(17)15(22-9(2)18)14(20)13-11(21-3)6-4-10-5-7-12(19)23-16(10)13/h4-7,14-15,17,20H,1H2,2-3H3/t14-,15+/m0/s1. The van der Waals surface area contributed by atoms with Gasteiger partial charge < -0.3 is 24.1 Å². The first-order valence-corrected chi connectivity index (χ1v) is 6.69. The second-order valence-electron chi connectivity index (χ2n) is 4.82. The lowest BCUT2D eigenvalue weighted by Gasteiger charge is -2.23. The van der Waals surface area contributed by atoms with Gasteiger partial charge in [-0.3, -0.25) is 4.79 Å². The number of fused-ring (bicyclic) bond motifs is 1. The zero-order chi connectivity index (χ0) is 17.1. The molecule has 23 heavy (non-hydrogen) atoms. The highest BCUT2D eigenvalue weighted by Crippen LogP contribution is 2.36. The molecule has 122 valence electrons. The molecule has 2 aromatic rings. The van der Waals surface area contributed by atoms with Crippen LogP contribution in [0.4, 0.5) is 0 Å². The van der Waals surface area contributed by atoms with E-state index in [4.69, 9.17) is 13.9 Å². The summed E-state index contributed by atoms with van der Waals surface area (Å²) in [5.74, 6) is -1.06. The van der Waals surface area contributed by atoms with Crippen molar-refractivity contribution in [2.45, 2.75) is 19.1 Å². The van der Waals surface area contributed by atoms with Gasteiger partial charge in [0.25, 0.3) is 0 Å². The van der Waals surface area contributed by atoms with Crippen LogP contribution in [0.1, 0.15) is 18.6 Å². The Balaban J connectivity index is 2.67. The molecule has 0 fully saturated rings. The summed E-state index contributed by atoms with van der Waals surface area (Å²) < 4.78 is 15.2. The molecule has 0 bridgehead atoms. The molecular formula is C16H16O7. The minimum absolute atomic E-state index is 0.0720. The van der Waals surface area contributed by atoms with Crippen LogP contribution in [-0.4, -0.2) is 29.4 Å². The molecule has 0 aliphatic heterocycles. The van der Waals surface area contributed by atoms with Crippen molar-refractivity contribution in [1.82, 2.24) is 0 Å². The number of hydrogen-bond donors (Lipinski definition) is 2. The number of esters is 1. The molecule has 2 rings (SSSR count). The van der Waals surface area contributed by atoms with E-state index in [0.717, 1.165) is 6.92 Å². The molecule has 7 heteroatoms. The zero-order valence-corrected chi connectivity index (χ0v) is 12.6. The number of hydrogen-bond acceptors (Lipinski definition) is 7. The van der Waals surface area contributed by atoms with E-state index in [-0.39, 0.29) is 16.9 Å². The van der Waals surface area contributed by atoms with Gasteiger partial charge in [0.2, 0.25) is 0 Å². The highest BCUT2D eigenvalue weighted by Gasteiger charge is 2.31. The van der Waals surface area contributed by atoms with Crippen molar-refractivity contribution < 1.29 is 28.9 Å². The van der Waals surface area contributed by atoms with Crippen LogP contribution in [0.3, 0.4) is 0 Å². The van der Waals surface area contributed by atoms with Gasteiger partial charge in [-0.05, 0) is 18.2 Å². The van der Waals surface area contributed by atoms with Crippen LogP contribution in [0.5, 0.6) is 5.75 Å². The molecule has 0 saturated carbocycles. The van der Waals surface area contributed by atoms with E-state index in [1.807, 2.05) is 0 Å². The average Bonchev–Trinajstić information content (AvgIpc) is 2.50. The lowest BCUT2D eigenvalue weighted by Crippen LogP contribution is -2.27. The third kappa shape index (κ3) is 3.35. The molecule has 0 spiro atoms. The number of rotatable bonds is 5. The Hall–Kier alpha value is -2.80. The van der Waals surface area contributed by atoms with Crippen molar-refractivity contribution >= 4 is 16.9 Å². The van der Waals surface area contributed by atoms with E-state index >= 15 is 0 Å². The van der Waals surface area contributed by atoms with Crippen molar-refractivity contribution in [3.8, 4) is 5.75 Å². The summed E-state index contributed by atoms with van der Waals surface area (Å²) in [7, 11) is 1.37. The summed E-state index contributed by atoms with van der Waals surface area (Å²) >= 11 is 0. The van der Waals surface area contributed by atoms with Crippen molar-refractivity contribution in [3.63, 3.8) is 0 Å². The Morgan fingerprint density at radius 3 is 2.52 bits per heavy atom. The average molecular weight is 320 g/mol. The Labute approximate surface area is 131 Å². The van der Waals surface area contributed by atoms with E-state index in [2.05, 4.69) is 6.58 Å². The van der Waals surface area contributed by atoms with Gasteiger partial charge in [0.05, 0.1) is 12.7 Å². The first-order chi connectivity index (χ1) is 10.8. The van der Waals surface area contributed by atoms with E-state index in [1.54, 1.807) is 12.1 Å². The lowest BCUT2D eigenvalue weighted by atomic mass is 9.99. The Kier molecular flexibility index (Phi) is 4.71. The number of carbonyl (C=O) groups excluding carboxylic acids is 1. The number of ether oxygens (including phenoxy) is 2. The molecular weight excluding hydrogens is 304 g/mol. The second-order valence-corrected chi connectivity index (χ2v) is 4.82. The number of aliphatic hydroxyl groups is 2. The van der Waals surface area contributed by atoms with Crippen LogP contribution < -0.4 is 10.4 Å². The summed E-state index contributed by atoms with van der Waals surface area (Å²) in [5.41, 5.74) is -0.474. The van der Waals surface area contributed by atoms with E-state index < -0.39 is 29.6 Å². The molecule has 0 radical (unpaired) electrons. The molecule has 1 aromatic carbocycles. The summed E-state index contributed by atoms with van der Waals surface area (Å²) in [5, 5.41) is 20.7. The quantitative estimate of drug-likeness (QED) is 0.492. The maximum Gasteiger partial charge on any atom is 0.336 e. The van der Waals surface area contributed by atoms with Crippen molar-refractivity contribution in [2.24, 2.45) is 0 Å². The summed E-state index contributed by atoms with van der Waals surface area (Å²) in [6.45, 7) is 4.42. The third-order valence-electron chi connectivity index (χ3n) is 3.21. The predicted octanol–water partition coefficient (Wildman–Crippen LogP) is 1.84. The first kappa shape index (κ1) is 16.6. The maximum atomic E-state index is 11.5. The van der Waals surface area contributed by atoms with Gasteiger partial charge in [-0.1, -0.05) is 6.58 Å². The Bertz CT molecular complexity index is 806. The summed E-state index contributed by atoms with van der Waals surface area (Å²) in [6, 6.07) is 5.96. The number of methoxy groups -OCH3 is 1. The fourth-order valence-corrected chi connectivity index (χ4v) is 2.24. The third-order valence-corrected chi connectivity index (χ3v) is 3.21. The SMILES string of the molecule is C=C(O)[C@@H](OC(C)=O)[C@@H](O)c1c(OC)ccc2ccc(=O)oc12. The largest absolute Gasteiger partial charge is 0.509 e. The molecule has 0 aliphatic carbocycles. The van der Waals surface area contributed by atoms with Crippen LogP contribution in [0.15, 0.2) is 45.8 Å². The fraction of sp³-hybridized carbons (Fsp3) is 0.250. The minimum atomic E-state index is -1.54. The molecule has 7 nitrogen and oxygen atoms in total. The highest BCUT2D eigenvalue weighted by atomic mass is 16.6. The van der Waals surface area contributed by atoms with Gasteiger partial charge in [0.15, 0.2) is 6.10 Å². The predicted molar refractivity (Wildman–Crippen MR) is 81.3 cm³/mol. The number of aliphatic hydroxyl groups excluding tert-OH is 2. The molecule has 0 saturated heterocycles. The molecule has 0 unspecified atom stereocenters. The Morgan fingerprint density at radius 2 is 1.96 bits per heavy atom. The van der Waals surface area contributed by atoms with Gasteiger partial charge in [-0.15, -0.1) is 0 Å². The van der Waals surface area contributed by atoms with Crippen LogP contribution in [0.2, 0.25) is 0 Å². The molecule has 1 heterocycles. The van der Waals surface area contributed by atoms with Crippen molar-refractivity contribution in [3.05, 3.63) is 52.6 Å². The van der Waals surface area contributed by atoms with Crippen molar-refractivity contribution in [2.75, 3.05) is 7.11 Å². The van der Waals surface area contributed by atoms with Gasteiger partial charge in [0, 0.05) is 18.4 Å². The topological polar surface area (TPSA) is 106 Å². The zero-order valence-electron chi connectivity index (χ0n) is 12.6. The molecule has 1 aromatic heterocycles.